The van der Waals surface area contributed by atoms with Gasteiger partial charge in [-0.2, -0.15) is 0 Å². The van der Waals surface area contributed by atoms with Crippen LogP contribution in [0, 0.1) is 0 Å². The number of carbonyl (C=O) groups is 1. The number of hydrogen-bond donors (Lipinski definition) is 2. The van der Waals surface area contributed by atoms with Crippen LogP contribution in [0.5, 0.6) is 0 Å². The van der Waals surface area contributed by atoms with Gasteiger partial charge in [0.1, 0.15) is 0 Å². The molecule has 0 unspecified atom stereocenters. The standard InChI is InChI=1S/C10H14N2O.ClH/c1-8(11-2)10(13)12-9-6-4-3-5-7-9;/h3-8,11H,1-2H3,(H,12,13);1H/t8-;/m1./s1. The first kappa shape index (κ1) is 12.9. The topological polar surface area (TPSA) is 41.1 Å². The van der Waals surface area contributed by atoms with Gasteiger partial charge in [-0.15, -0.1) is 12.4 Å². The smallest absolute Gasteiger partial charge is 0.241 e. The van der Waals surface area contributed by atoms with E-state index in [9.17, 15) is 4.79 Å². The van der Waals surface area contributed by atoms with Gasteiger partial charge in [0, 0.05) is 5.69 Å². The zero-order valence-electron chi connectivity index (χ0n) is 8.28. The van der Waals surface area contributed by atoms with Gasteiger partial charge in [-0.25, -0.2) is 0 Å². The van der Waals surface area contributed by atoms with Crippen LogP contribution in [-0.4, -0.2) is 19.0 Å². The number of likely N-dealkylation sites (N-methyl/N-ethyl adjacent to an activating group) is 1. The molecule has 0 aliphatic carbocycles. The Bertz CT molecular complexity index is 277. The van der Waals surface area contributed by atoms with Gasteiger partial charge in [0.25, 0.3) is 0 Å². The van der Waals surface area contributed by atoms with Crippen LogP contribution in [0.3, 0.4) is 0 Å². The van der Waals surface area contributed by atoms with Crippen molar-refractivity contribution in [3.05, 3.63) is 30.3 Å². The Morgan fingerprint density at radius 2 is 1.86 bits per heavy atom. The molecule has 1 atom stereocenters. The maximum Gasteiger partial charge on any atom is 0.241 e. The maximum absolute atomic E-state index is 11.4. The third-order valence-corrected chi connectivity index (χ3v) is 1.87. The molecule has 1 amide bonds. The number of para-hydroxylation sites is 1. The van der Waals surface area contributed by atoms with Gasteiger partial charge in [0.05, 0.1) is 6.04 Å². The summed E-state index contributed by atoms with van der Waals surface area (Å²) >= 11 is 0. The highest BCUT2D eigenvalue weighted by molar-refractivity contribution is 5.94. The van der Waals surface area contributed by atoms with Crippen molar-refractivity contribution in [2.24, 2.45) is 0 Å². The molecular formula is C10H15ClN2O. The minimum Gasteiger partial charge on any atom is -0.325 e. The Morgan fingerprint density at radius 1 is 1.29 bits per heavy atom. The molecule has 0 aliphatic heterocycles. The lowest BCUT2D eigenvalue weighted by Gasteiger charge is -2.10. The quantitative estimate of drug-likeness (QED) is 0.804. The van der Waals surface area contributed by atoms with Crippen molar-refractivity contribution < 1.29 is 4.79 Å². The molecule has 0 saturated heterocycles. The first-order valence-electron chi connectivity index (χ1n) is 4.27. The van der Waals surface area contributed by atoms with Crippen molar-refractivity contribution in [1.82, 2.24) is 5.32 Å². The molecule has 0 saturated carbocycles. The van der Waals surface area contributed by atoms with Crippen molar-refractivity contribution in [1.29, 1.82) is 0 Å². The summed E-state index contributed by atoms with van der Waals surface area (Å²) < 4.78 is 0. The summed E-state index contributed by atoms with van der Waals surface area (Å²) in [6.07, 6.45) is 0. The fourth-order valence-electron chi connectivity index (χ4n) is 0.903. The SMILES string of the molecule is CN[C@H](C)C(=O)Nc1ccccc1.Cl. The number of anilines is 1. The molecule has 4 heteroatoms. The van der Waals surface area contributed by atoms with Crippen LogP contribution in [-0.2, 0) is 4.79 Å². The van der Waals surface area contributed by atoms with Gasteiger partial charge in [-0.1, -0.05) is 18.2 Å². The first-order chi connectivity index (χ1) is 6.24. The van der Waals surface area contributed by atoms with Crippen molar-refractivity contribution in [3.63, 3.8) is 0 Å². The number of benzene rings is 1. The molecule has 14 heavy (non-hydrogen) atoms. The summed E-state index contributed by atoms with van der Waals surface area (Å²) in [7, 11) is 1.76. The van der Waals surface area contributed by atoms with Gasteiger partial charge in [-0.3, -0.25) is 4.79 Å². The zero-order chi connectivity index (χ0) is 9.68. The van der Waals surface area contributed by atoms with Gasteiger partial charge in [0.2, 0.25) is 5.91 Å². The highest BCUT2D eigenvalue weighted by Crippen LogP contribution is 2.04. The number of nitrogens with one attached hydrogen (secondary N) is 2. The molecule has 0 spiro atoms. The predicted octanol–water partition coefficient (Wildman–Crippen LogP) is 1.65. The van der Waals surface area contributed by atoms with Crippen molar-refractivity contribution >= 4 is 24.0 Å². The lowest BCUT2D eigenvalue weighted by Crippen LogP contribution is -2.35. The monoisotopic (exact) mass is 214 g/mol. The average Bonchev–Trinajstić information content (AvgIpc) is 2.18. The third kappa shape index (κ3) is 3.77. The zero-order valence-corrected chi connectivity index (χ0v) is 9.10. The molecule has 0 bridgehead atoms. The van der Waals surface area contributed by atoms with E-state index in [1.807, 2.05) is 37.3 Å². The normalized spacial score (nSPS) is 11.3. The molecule has 0 heterocycles. The molecule has 2 N–H and O–H groups in total. The Balaban J connectivity index is 0.00000169. The molecule has 0 fully saturated rings. The number of carbonyl (C=O) groups excluding carboxylic acids is 1. The van der Waals surface area contributed by atoms with Crippen LogP contribution in [0.25, 0.3) is 0 Å². The summed E-state index contributed by atoms with van der Waals surface area (Å²) in [5.41, 5.74) is 0.828. The summed E-state index contributed by atoms with van der Waals surface area (Å²) in [5.74, 6) is -0.0197. The Labute approximate surface area is 90.3 Å². The van der Waals surface area contributed by atoms with E-state index in [4.69, 9.17) is 0 Å². The second kappa shape index (κ2) is 6.40. The Kier molecular flexibility index (Phi) is 5.92. The van der Waals surface area contributed by atoms with Crippen LogP contribution < -0.4 is 10.6 Å². The first-order valence-corrected chi connectivity index (χ1v) is 4.27. The van der Waals surface area contributed by atoms with Crippen LogP contribution >= 0.6 is 12.4 Å². The van der Waals surface area contributed by atoms with E-state index in [1.165, 1.54) is 0 Å². The Hall–Kier alpha value is -1.06. The fraction of sp³-hybridized carbons (Fsp3) is 0.300. The van der Waals surface area contributed by atoms with Gasteiger partial charge in [0.15, 0.2) is 0 Å². The highest BCUT2D eigenvalue weighted by atomic mass is 35.5. The largest absolute Gasteiger partial charge is 0.325 e. The van der Waals surface area contributed by atoms with E-state index in [1.54, 1.807) is 7.05 Å². The van der Waals surface area contributed by atoms with Crippen molar-refractivity contribution in [2.75, 3.05) is 12.4 Å². The fourth-order valence-corrected chi connectivity index (χ4v) is 0.903. The summed E-state index contributed by atoms with van der Waals surface area (Å²) in [5, 5.41) is 5.66. The molecule has 1 aromatic carbocycles. The number of rotatable bonds is 3. The van der Waals surface area contributed by atoms with Crippen LogP contribution in [0.15, 0.2) is 30.3 Å². The Morgan fingerprint density at radius 3 is 2.36 bits per heavy atom. The lowest BCUT2D eigenvalue weighted by atomic mass is 10.3. The number of hydrogen-bond acceptors (Lipinski definition) is 2. The minimum atomic E-state index is -0.166. The molecule has 3 nitrogen and oxygen atoms in total. The van der Waals surface area contributed by atoms with Crippen molar-refractivity contribution in [3.8, 4) is 0 Å². The predicted molar refractivity (Wildman–Crippen MR) is 60.8 cm³/mol. The van der Waals surface area contributed by atoms with E-state index in [-0.39, 0.29) is 24.4 Å². The third-order valence-electron chi connectivity index (χ3n) is 1.87. The maximum atomic E-state index is 11.4. The molecule has 78 valence electrons. The van der Waals surface area contributed by atoms with E-state index >= 15 is 0 Å². The van der Waals surface area contributed by atoms with E-state index in [0.29, 0.717) is 0 Å². The second-order valence-corrected chi connectivity index (χ2v) is 2.87. The van der Waals surface area contributed by atoms with Gasteiger partial charge < -0.3 is 10.6 Å². The second-order valence-electron chi connectivity index (χ2n) is 2.87. The van der Waals surface area contributed by atoms with Gasteiger partial charge in [-0.05, 0) is 26.1 Å². The molecule has 1 rings (SSSR count). The minimum absolute atomic E-state index is 0. The highest BCUT2D eigenvalue weighted by Gasteiger charge is 2.08. The molecule has 0 aliphatic rings. The molecule has 1 aromatic rings. The number of halogens is 1. The molecule has 0 aromatic heterocycles. The molecule has 0 radical (unpaired) electrons. The van der Waals surface area contributed by atoms with Crippen LogP contribution in [0.1, 0.15) is 6.92 Å². The average molecular weight is 215 g/mol. The summed E-state index contributed by atoms with van der Waals surface area (Å²) in [6.45, 7) is 1.82. The summed E-state index contributed by atoms with van der Waals surface area (Å²) in [4.78, 5) is 11.4. The van der Waals surface area contributed by atoms with Crippen LogP contribution in [0.2, 0.25) is 0 Å². The van der Waals surface area contributed by atoms with E-state index in [2.05, 4.69) is 10.6 Å². The van der Waals surface area contributed by atoms with Crippen molar-refractivity contribution in [2.45, 2.75) is 13.0 Å². The number of amides is 1. The summed E-state index contributed by atoms with van der Waals surface area (Å²) in [6, 6.07) is 9.25. The van der Waals surface area contributed by atoms with E-state index < -0.39 is 0 Å². The van der Waals surface area contributed by atoms with Crippen LogP contribution in [0.4, 0.5) is 5.69 Å². The lowest BCUT2D eigenvalue weighted by molar-refractivity contribution is -0.117. The van der Waals surface area contributed by atoms with E-state index in [0.717, 1.165) is 5.69 Å². The molecular weight excluding hydrogens is 200 g/mol. The van der Waals surface area contributed by atoms with Gasteiger partial charge >= 0.3 is 0 Å².